The summed E-state index contributed by atoms with van der Waals surface area (Å²) >= 11 is 0. The number of aliphatic hydroxyl groups excluding tert-OH is 1. The summed E-state index contributed by atoms with van der Waals surface area (Å²) in [7, 11) is 0. The van der Waals surface area contributed by atoms with E-state index in [4.69, 9.17) is 0 Å². The zero-order chi connectivity index (χ0) is 9.47. The second-order valence-electron chi connectivity index (χ2n) is 4.55. The standard InChI is InChI=1S/C10H19NO2/c1-2-10(13)6-11(7-10)8-4-3-5-9(8)12/h8-9,12-13H,2-7H2,1H3. The van der Waals surface area contributed by atoms with Gasteiger partial charge < -0.3 is 10.2 Å². The molecule has 0 aromatic carbocycles. The Bertz CT molecular complexity index is 189. The third kappa shape index (κ3) is 1.60. The predicted octanol–water partition coefficient (Wildman–Crippen LogP) is 0.357. The Morgan fingerprint density at radius 1 is 1.38 bits per heavy atom. The van der Waals surface area contributed by atoms with E-state index in [1.54, 1.807) is 0 Å². The van der Waals surface area contributed by atoms with E-state index in [0.29, 0.717) is 6.04 Å². The second-order valence-corrected chi connectivity index (χ2v) is 4.55. The lowest BCUT2D eigenvalue weighted by Crippen LogP contribution is -2.65. The van der Waals surface area contributed by atoms with Crippen molar-refractivity contribution in [3.05, 3.63) is 0 Å². The van der Waals surface area contributed by atoms with E-state index < -0.39 is 5.60 Å². The zero-order valence-electron chi connectivity index (χ0n) is 8.24. The minimum absolute atomic E-state index is 0.151. The SMILES string of the molecule is CCC1(O)CN(C2CCCC2O)C1. The van der Waals surface area contributed by atoms with Gasteiger partial charge in [0.15, 0.2) is 0 Å². The first kappa shape index (κ1) is 9.44. The molecule has 2 atom stereocenters. The maximum Gasteiger partial charge on any atom is 0.0897 e. The molecule has 1 saturated carbocycles. The fourth-order valence-corrected chi connectivity index (χ4v) is 2.51. The van der Waals surface area contributed by atoms with Crippen LogP contribution in [0.25, 0.3) is 0 Å². The molecule has 1 heterocycles. The van der Waals surface area contributed by atoms with Crippen LogP contribution in [0.4, 0.5) is 0 Å². The molecule has 1 aliphatic carbocycles. The quantitative estimate of drug-likeness (QED) is 0.652. The Hall–Kier alpha value is -0.120. The summed E-state index contributed by atoms with van der Waals surface area (Å²) in [4.78, 5) is 2.22. The van der Waals surface area contributed by atoms with Crippen LogP contribution >= 0.6 is 0 Å². The van der Waals surface area contributed by atoms with Crippen molar-refractivity contribution < 1.29 is 10.2 Å². The van der Waals surface area contributed by atoms with Gasteiger partial charge in [-0.2, -0.15) is 0 Å². The lowest BCUT2D eigenvalue weighted by Gasteiger charge is -2.49. The third-order valence-electron chi connectivity index (χ3n) is 3.57. The molecule has 0 spiro atoms. The molecule has 0 bridgehead atoms. The molecular weight excluding hydrogens is 166 g/mol. The van der Waals surface area contributed by atoms with Crippen molar-refractivity contribution in [3.63, 3.8) is 0 Å². The van der Waals surface area contributed by atoms with E-state index in [0.717, 1.165) is 38.8 Å². The van der Waals surface area contributed by atoms with E-state index in [1.165, 1.54) is 0 Å². The van der Waals surface area contributed by atoms with Crippen molar-refractivity contribution in [1.29, 1.82) is 0 Å². The van der Waals surface area contributed by atoms with Crippen molar-refractivity contribution in [2.75, 3.05) is 13.1 Å². The highest BCUT2D eigenvalue weighted by atomic mass is 16.3. The van der Waals surface area contributed by atoms with Gasteiger partial charge in [-0.15, -0.1) is 0 Å². The molecule has 2 rings (SSSR count). The summed E-state index contributed by atoms with van der Waals surface area (Å²) in [6, 6.07) is 0.326. The number of rotatable bonds is 2. The number of likely N-dealkylation sites (tertiary alicyclic amines) is 1. The summed E-state index contributed by atoms with van der Waals surface area (Å²) in [5, 5.41) is 19.5. The van der Waals surface area contributed by atoms with Crippen LogP contribution in [0.3, 0.4) is 0 Å². The van der Waals surface area contributed by atoms with Gasteiger partial charge >= 0.3 is 0 Å². The summed E-state index contributed by atoms with van der Waals surface area (Å²) in [6.45, 7) is 3.53. The van der Waals surface area contributed by atoms with Crippen molar-refractivity contribution >= 4 is 0 Å². The molecule has 2 unspecified atom stereocenters. The molecule has 3 heteroatoms. The minimum atomic E-state index is -0.456. The maximum absolute atomic E-state index is 9.81. The Morgan fingerprint density at radius 2 is 2.08 bits per heavy atom. The second kappa shape index (κ2) is 3.23. The summed E-state index contributed by atoms with van der Waals surface area (Å²) < 4.78 is 0. The van der Waals surface area contributed by atoms with Gasteiger partial charge in [0.25, 0.3) is 0 Å². The third-order valence-corrected chi connectivity index (χ3v) is 3.57. The average molecular weight is 185 g/mol. The molecule has 0 amide bonds. The molecular formula is C10H19NO2. The van der Waals surface area contributed by atoms with Crippen LogP contribution in [0.5, 0.6) is 0 Å². The normalized spacial score (nSPS) is 39.0. The molecule has 0 aromatic rings. The minimum Gasteiger partial charge on any atom is -0.391 e. The van der Waals surface area contributed by atoms with Crippen LogP contribution in [0.1, 0.15) is 32.6 Å². The predicted molar refractivity (Wildman–Crippen MR) is 50.5 cm³/mol. The Balaban J connectivity index is 1.85. The van der Waals surface area contributed by atoms with E-state index >= 15 is 0 Å². The Morgan fingerprint density at radius 3 is 2.54 bits per heavy atom. The smallest absolute Gasteiger partial charge is 0.0897 e. The van der Waals surface area contributed by atoms with Crippen LogP contribution < -0.4 is 0 Å². The molecule has 1 saturated heterocycles. The lowest BCUT2D eigenvalue weighted by molar-refractivity contribution is -0.129. The van der Waals surface area contributed by atoms with Gasteiger partial charge in [-0.3, -0.25) is 4.90 Å². The fraction of sp³-hybridized carbons (Fsp3) is 1.00. The molecule has 2 fully saturated rings. The van der Waals surface area contributed by atoms with Crippen molar-refractivity contribution in [2.45, 2.75) is 50.4 Å². The van der Waals surface area contributed by atoms with Crippen molar-refractivity contribution in [1.82, 2.24) is 4.90 Å². The molecule has 76 valence electrons. The van der Waals surface area contributed by atoms with E-state index in [1.807, 2.05) is 6.92 Å². The van der Waals surface area contributed by atoms with Gasteiger partial charge in [-0.1, -0.05) is 6.92 Å². The van der Waals surface area contributed by atoms with Gasteiger partial charge in [0.05, 0.1) is 11.7 Å². The molecule has 2 N–H and O–H groups in total. The topological polar surface area (TPSA) is 43.7 Å². The monoisotopic (exact) mass is 185 g/mol. The van der Waals surface area contributed by atoms with Crippen LogP contribution in [0, 0.1) is 0 Å². The van der Waals surface area contributed by atoms with Gasteiger partial charge in [0, 0.05) is 19.1 Å². The highest BCUT2D eigenvalue weighted by Gasteiger charge is 2.45. The van der Waals surface area contributed by atoms with Gasteiger partial charge in [0.1, 0.15) is 0 Å². The first-order valence-electron chi connectivity index (χ1n) is 5.29. The van der Waals surface area contributed by atoms with Gasteiger partial charge in [-0.05, 0) is 25.7 Å². The molecule has 1 aliphatic heterocycles. The van der Waals surface area contributed by atoms with Crippen molar-refractivity contribution in [3.8, 4) is 0 Å². The highest BCUT2D eigenvalue weighted by Crippen LogP contribution is 2.32. The highest BCUT2D eigenvalue weighted by molar-refractivity contribution is 5.00. The number of aliphatic hydroxyl groups is 2. The molecule has 13 heavy (non-hydrogen) atoms. The van der Waals surface area contributed by atoms with Gasteiger partial charge in [0.2, 0.25) is 0 Å². The Kier molecular flexibility index (Phi) is 2.34. The van der Waals surface area contributed by atoms with E-state index in [9.17, 15) is 10.2 Å². The molecule has 3 nitrogen and oxygen atoms in total. The summed E-state index contributed by atoms with van der Waals surface area (Å²) in [6.07, 6.45) is 3.84. The molecule has 2 aliphatic rings. The number of β-amino-alcohol motifs (C(OH)–C–C–N with tert-alkyl or cyclic N) is 1. The Labute approximate surface area is 79.4 Å². The molecule has 0 radical (unpaired) electrons. The summed E-state index contributed by atoms with van der Waals surface area (Å²) in [5.41, 5.74) is -0.456. The first-order chi connectivity index (χ1) is 6.14. The van der Waals surface area contributed by atoms with E-state index in [-0.39, 0.29) is 6.10 Å². The van der Waals surface area contributed by atoms with Crippen LogP contribution in [0.2, 0.25) is 0 Å². The van der Waals surface area contributed by atoms with Crippen LogP contribution in [-0.4, -0.2) is 45.9 Å². The van der Waals surface area contributed by atoms with E-state index in [2.05, 4.69) is 4.90 Å². The summed E-state index contributed by atoms with van der Waals surface area (Å²) in [5.74, 6) is 0. The zero-order valence-corrected chi connectivity index (χ0v) is 8.24. The lowest BCUT2D eigenvalue weighted by atomic mass is 9.89. The number of hydrogen-bond donors (Lipinski definition) is 2. The maximum atomic E-state index is 9.81. The first-order valence-corrected chi connectivity index (χ1v) is 5.29. The van der Waals surface area contributed by atoms with Crippen LogP contribution in [-0.2, 0) is 0 Å². The number of nitrogens with zero attached hydrogens (tertiary/aromatic N) is 1. The van der Waals surface area contributed by atoms with Crippen molar-refractivity contribution in [2.24, 2.45) is 0 Å². The number of hydrogen-bond acceptors (Lipinski definition) is 3. The average Bonchev–Trinajstić information content (AvgIpc) is 2.46. The van der Waals surface area contributed by atoms with Crippen LogP contribution in [0.15, 0.2) is 0 Å². The van der Waals surface area contributed by atoms with Gasteiger partial charge in [-0.25, -0.2) is 0 Å². The molecule has 0 aromatic heterocycles. The largest absolute Gasteiger partial charge is 0.391 e. The fourth-order valence-electron chi connectivity index (χ4n) is 2.51.